The lowest BCUT2D eigenvalue weighted by Gasteiger charge is -2.25. The van der Waals surface area contributed by atoms with Gasteiger partial charge in [0.05, 0.1) is 22.7 Å². The summed E-state index contributed by atoms with van der Waals surface area (Å²) in [5, 5.41) is 9.31. The van der Waals surface area contributed by atoms with Crippen LogP contribution in [0.1, 0.15) is 31.6 Å². The first kappa shape index (κ1) is 16.3. The van der Waals surface area contributed by atoms with Crippen LogP contribution < -0.4 is 0 Å². The van der Waals surface area contributed by atoms with Crippen molar-refractivity contribution >= 4 is 34.8 Å². The number of halogens is 1. The minimum absolute atomic E-state index is 0.0428. The van der Waals surface area contributed by atoms with Crippen molar-refractivity contribution in [3.8, 4) is 0 Å². The molecule has 0 spiro atoms. The molecule has 1 aliphatic rings. The second kappa shape index (κ2) is 6.79. The van der Waals surface area contributed by atoms with Gasteiger partial charge in [0, 0.05) is 11.4 Å². The zero-order valence-corrected chi connectivity index (χ0v) is 13.8. The quantitative estimate of drug-likeness (QED) is 0.899. The molecule has 4 nitrogen and oxygen atoms in total. The van der Waals surface area contributed by atoms with E-state index in [1.54, 1.807) is 4.90 Å². The maximum Gasteiger partial charge on any atom is 0.307 e. The molecule has 1 amide bonds. The van der Waals surface area contributed by atoms with E-state index in [0.29, 0.717) is 30.3 Å². The lowest BCUT2D eigenvalue weighted by Crippen LogP contribution is -2.38. The Balaban J connectivity index is 2.10. The van der Waals surface area contributed by atoms with E-state index in [4.69, 9.17) is 11.6 Å². The standard InChI is InChI=1S/C15H20ClNO3S/c1-3-17(8-10-4-5-13(16)21-10)14(18)11-6-9(2)7-12(11)15(19)20/h4-5,9,11-12H,3,6-8H2,1-2H3,(H,19,20). The van der Waals surface area contributed by atoms with Gasteiger partial charge in [0.15, 0.2) is 0 Å². The lowest BCUT2D eigenvalue weighted by atomic mass is 9.94. The highest BCUT2D eigenvalue weighted by Gasteiger charge is 2.42. The SMILES string of the molecule is CCN(Cc1ccc(Cl)s1)C(=O)C1CC(C)CC1C(=O)O. The zero-order valence-electron chi connectivity index (χ0n) is 12.2. The highest BCUT2D eigenvalue weighted by atomic mass is 35.5. The van der Waals surface area contributed by atoms with Crippen molar-refractivity contribution in [2.24, 2.45) is 17.8 Å². The number of carboxylic acid groups (broad SMARTS) is 1. The van der Waals surface area contributed by atoms with Gasteiger partial charge in [0.2, 0.25) is 5.91 Å². The smallest absolute Gasteiger partial charge is 0.307 e. The van der Waals surface area contributed by atoms with Gasteiger partial charge in [-0.3, -0.25) is 9.59 Å². The Morgan fingerprint density at radius 1 is 1.38 bits per heavy atom. The molecule has 6 heteroatoms. The van der Waals surface area contributed by atoms with Gasteiger partial charge in [-0.25, -0.2) is 0 Å². The number of nitrogens with zero attached hydrogens (tertiary/aromatic N) is 1. The topological polar surface area (TPSA) is 57.6 Å². The first-order chi connectivity index (χ1) is 9.92. The molecule has 1 aliphatic carbocycles. The summed E-state index contributed by atoms with van der Waals surface area (Å²) in [4.78, 5) is 26.8. The summed E-state index contributed by atoms with van der Waals surface area (Å²) in [5.74, 6) is -1.55. The van der Waals surface area contributed by atoms with Crippen LogP contribution in [0.5, 0.6) is 0 Å². The van der Waals surface area contributed by atoms with Crippen LogP contribution in [0.3, 0.4) is 0 Å². The highest BCUT2D eigenvalue weighted by Crippen LogP contribution is 2.38. The molecule has 1 saturated carbocycles. The molecule has 1 aromatic heterocycles. The summed E-state index contributed by atoms with van der Waals surface area (Å²) in [5.41, 5.74) is 0. The van der Waals surface area contributed by atoms with Crippen LogP contribution in [0.2, 0.25) is 4.34 Å². The average Bonchev–Trinajstić information content (AvgIpc) is 3.01. The molecule has 0 radical (unpaired) electrons. The second-order valence-electron chi connectivity index (χ2n) is 5.69. The van der Waals surface area contributed by atoms with Gasteiger partial charge in [-0.1, -0.05) is 18.5 Å². The van der Waals surface area contributed by atoms with E-state index in [-0.39, 0.29) is 11.8 Å². The van der Waals surface area contributed by atoms with Crippen LogP contribution >= 0.6 is 22.9 Å². The molecule has 0 bridgehead atoms. The van der Waals surface area contributed by atoms with Crippen LogP contribution in [0, 0.1) is 17.8 Å². The molecule has 1 N–H and O–H groups in total. The second-order valence-corrected chi connectivity index (χ2v) is 7.49. The van der Waals surface area contributed by atoms with Gasteiger partial charge >= 0.3 is 5.97 Å². The predicted octanol–water partition coefficient (Wildman–Crippen LogP) is 3.50. The Labute approximate surface area is 133 Å². The number of rotatable bonds is 5. The third-order valence-electron chi connectivity index (χ3n) is 4.10. The fourth-order valence-electron chi connectivity index (χ4n) is 3.04. The third-order valence-corrected chi connectivity index (χ3v) is 5.32. The number of carboxylic acids is 1. The molecule has 1 aromatic rings. The number of hydrogen-bond acceptors (Lipinski definition) is 3. The van der Waals surface area contributed by atoms with Gasteiger partial charge < -0.3 is 10.0 Å². The molecule has 116 valence electrons. The van der Waals surface area contributed by atoms with Crippen molar-refractivity contribution < 1.29 is 14.7 Å². The van der Waals surface area contributed by atoms with E-state index in [2.05, 4.69) is 0 Å². The molecule has 0 saturated heterocycles. The van der Waals surface area contributed by atoms with Crippen molar-refractivity contribution in [3.63, 3.8) is 0 Å². The van der Waals surface area contributed by atoms with Crippen LogP contribution in [-0.2, 0) is 16.1 Å². The molecule has 1 fully saturated rings. The number of amides is 1. The molecule has 3 atom stereocenters. The fourth-order valence-corrected chi connectivity index (χ4v) is 4.15. The third kappa shape index (κ3) is 3.77. The van der Waals surface area contributed by atoms with Crippen molar-refractivity contribution in [1.29, 1.82) is 0 Å². The highest BCUT2D eigenvalue weighted by molar-refractivity contribution is 7.16. The van der Waals surface area contributed by atoms with Crippen molar-refractivity contribution in [2.45, 2.75) is 33.2 Å². The summed E-state index contributed by atoms with van der Waals surface area (Å²) in [7, 11) is 0. The van der Waals surface area contributed by atoms with E-state index in [9.17, 15) is 14.7 Å². The number of aliphatic carboxylic acids is 1. The normalized spacial score (nSPS) is 25.0. The number of thiophene rings is 1. The summed E-state index contributed by atoms with van der Waals surface area (Å²) in [6.07, 6.45) is 1.26. The molecule has 0 aromatic carbocycles. The van der Waals surface area contributed by atoms with E-state index in [0.717, 1.165) is 4.88 Å². The minimum Gasteiger partial charge on any atom is -0.481 e. The molecule has 21 heavy (non-hydrogen) atoms. The predicted molar refractivity (Wildman–Crippen MR) is 83.4 cm³/mol. The summed E-state index contributed by atoms with van der Waals surface area (Å²) in [6, 6.07) is 3.73. The van der Waals surface area contributed by atoms with Crippen LogP contribution in [0.25, 0.3) is 0 Å². The number of hydrogen-bond donors (Lipinski definition) is 1. The van der Waals surface area contributed by atoms with Gasteiger partial charge in [-0.2, -0.15) is 0 Å². The summed E-state index contributed by atoms with van der Waals surface area (Å²) in [6.45, 7) is 5.01. The summed E-state index contributed by atoms with van der Waals surface area (Å²) >= 11 is 7.37. The van der Waals surface area contributed by atoms with Gasteiger partial charge in [-0.15, -0.1) is 11.3 Å². The minimum atomic E-state index is -0.854. The maximum atomic E-state index is 12.7. The molecular formula is C15H20ClNO3S. The maximum absolute atomic E-state index is 12.7. The van der Waals surface area contributed by atoms with Crippen molar-refractivity contribution in [1.82, 2.24) is 4.90 Å². The zero-order chi connectivity index (χ0) is 15.6. The first-order valence-electron chi connectivity index (χ1n) is 7.18. The van der Waals surface area contributed by atoms with Crippen LogP contribution in [-0.4, -0.2) is 28.4 Å². The Hall–Kier alpha value is -1.07. The monoisotopic (exact) mass is 329 g/mol. The Kier molecular flexibility index (Phi) is 5.27. The van der Waals surface area contributed by atoms with Crippen LogP contribution in [0.4, 0.5) is 0 Å². The van der Waals surface area contributed by atoms with E-state index >= 15 is 0 Å². The van der Waals surface area contributed by atoms with E-state index in [1.807, 2.05) is 26.0 Å². The van der Waals surface area contributed by atoms with Crippen LogP contribution in [0.15, 0.2) is 12.1 Å². The molecular weight excluding hydrogens is 310 g/mol. The number of carbonyl (C=O) groups is 2. The summed E-state index contributed by atoms with van der Waals surface area (Å²) < 4.78 is 0.700. The first-order valence-corrected chi connectivity index (χ1v) is 8.37. The van der Waals surface area contributed by atoms with Gasteiger partial charge in [-0.05, 0) is 37.8 Å². The Morgan fingerprint density at radius 3 is 2.57 bits per heavy atom. The number of carbonyl (C=O) groups excluding carboxylic acids is 1. The molecule has 3 unspecified atom stereocenters. The van der Waals surface area contributed by atoms with Gasteiger partial charge in [0.25, 0.3) is 0 Å². The van der Waals surface area contributed by atoms with Gasteiger partial charge in [0.1, 0.15) is 0 Å². The lowest BCUT2D eigenvalue weighted by molar-refractivity contribution is -0.149. The molecule has 0 aliphatic heterocycles. The average molecular weight is 330 g/mol. The van der Waals surface area contributed by atoms with E-state index < -0.39 is 17.8 Å². The molecule has 1 heterocycles. The largest absolute Gasteiger partial charge is 0.481 e. The van der Waals surface area contributed by atoms with E-state index in [1.165, 1.54) is 11.3 Å². The van der Waals surface area contributed by atoms with Crippen molar-refractivity contribution in [3.05, 3.63) is 21.3 Å². The Morgan fingerprint density at radius 2 is 2.05 bits per heavy atom. The fraction of sp³-hybridized carbons (Fsp3) is 0.600. The molecule has 2 rings (SSSR count). The Bertz CT molecular complexity index is 531. The van der Waals surface area contributed by atoms with Crippen molar-refractivity contribution in [2.75, 3.05) is 6.54 Å².